The lowest BCUT2D eigenvalue weighted by Gasteiger charge is -2.41. The highest BCUT2D eigenvalue weighted by molar-refractivity contribution is 4.94. The number of hydrogen-bond donors (Lipinski definition) is 1. The van der Waals surface area contributed by atoms with Crippen LogP contribution in [0.3, 0.4) is 0 Å². The summed E-state index contributed by atoms with van der Waals surface area (Å²) in [4.78, 5) is 0. The van der Waals surface area contributed by atoms with Gasteiger partial charge in [-0.25, -0.2) is 4.68 Å². The lowest BCUT2D eigenvalue weighted by Crippen LogP contribution is -2.35. The van der Waals surface area contributed by atoms with Crippen molar-refractivity contribution in [1.29, 1.82) is 0 Å². The fourth-order valence-electron chi connectivity index (χ4n) is 2.70. The van der Waals surface area contributed by atoms with E-state index in [1.807, 2.05) is 4.68 Å². The van der Waals surface area contributed by atoms with Crippen LogP contribution in [0.2, 0.25) is 0 Å². The number of rotatable bonds is 7. The number of hydrogen-bond acceptors (Lipinski definition) is 4. The Morgan fingerprint density at radius 1 is 1.39 bits per heavy atom. The molecule has 1 saturated carbocycles. The van der Waals surface area contributed by atoms with Gasteiger partial charge in [0, 0.05) is 0 Å². The molecule has 2 rings (SSSR count). The average Bonchev–Trinajstić information content (AvgIpc) is 2.78. The van der Waals surface area contributed by atoms with Crippen LogP contribution in [0.5, 0.6) is 0 Å². The van der Waals surface area contributed by atoms with Crippen molar-refractivity contribution in [3.8, 4) is 0 Å². The van der Waals surface area contributed by atoms with Crippen LogP contribution >= 0.6 is 0 Å². The third-order valence-electron chi connectivity index (χ3n) is 4.30. The van der Waals surface area contributed by atoms with E-state index in [-0.39, 0.29) is 6.04 Å². The summed E-state index contributed by atoms with van der Waals surface area (Å²) in [7, 11) is 0. The molecule has 1 aromatic rings. The van der Waals surface area contributed by atoms with Crippen LogP contribution in [0.25, 0.3) is 0 Å². The van der Waals surface area contributed by atoms with E-state index in [2.05, 4.69) is 41.6 Å². The summed E-state index contributed by atoms with van der Waals surface area (Å²) >= 11 is 0. The van der Waals surface area contributed by atoms with Crippen molar-refractivity contribution < 1.29 is 0 Å². The maximum Gasteiger partial charge on any atom is 0.167 e. The van der Waals surface area contributed by atoms with Crippen molar-refractivity contribution in [3.05, 3.63) is 5.82 Å². The van der Waals surface area contributed by atoms with Gasteiger partial charge < -0.3 is 5.32 Å². The molecule has 0 amide bonds. The van der Waals surface area contributed by atoms with Gasteiger partial charge >= 0.3 is 0 Å². The number of tetrazole rings is 1. The standard InChI is InChI=1S/C13H25N5/c1-4-9-14-11(3)12-15-16-17-18(12)10-13(5-2)7-6-8-13/h11,14H,4-10H2,1-3H3. The summed E-state index contributed by atoms with van der Waals surface area (Å²) in [6.07, 6.45) is 6.35. The van der Waals surface area contributed by atoms with Crippen molar-refractivity contribution in [1.82, 2.24) is 25.5 Å². The summed E-state index contributed by atoms with van der Waals surface area (Å²) in [5.74, 6) is 0.975. The summed E-state index contributed by atoms with van der Waals surface area (Å²) < 4.78 is 2.01. The minimum absolute atomic E-state index is 0.230. The topological polar surface area (TPSA) is 55.6 Å². The molecule has 0 bridgehead atoms. The maximum absolute atomic E-state index is 4.19. The molecule has 0 spiro atoms. The minimum atomic E-state index is 0.230. The van der Waals surface area contributed by atoms with Crippen molar-refractivity contribution in [2.24, 2.45) is 5.41 Å². The summed E-state index contributed by atoms with van der Waals surface area (Å²) in [5, 5.41) is 15.7. The Balaban J connectivity index is 2.03. The molecule has 5 nitrogen and oxygen atoms in total. The van der Waals surface area contributed by atoms with Crippen molar-refractivity contribution in [2.75, 3.05) is 6.54 Å². The fourth-order valence-corrected chi connectivity index (χ4v) is 2.70. The van der Waals surface area contributed by atoms with E-state index >= 15 is 0 Å². The van der Waals surface area contributed by atoms with E-state index in [9.17, 15) is 0 Å². The highest BCUT2D eigenvalue weighted by atomic mass is 15.5. The number of nitrogens with zero attached hydrogens (tertiary/aromatic N) is 4. The van der Waals surface area contributed by atoms with E-state index in [0.29, 0.717) is 5.41 Å². The third-order valence-corrected chi connectivity index (χ3v) is 4.30. The summed E-state index contributed by atoms with van der Waals surface area (Å²) in [5.41, 5.74) is 0.453. The molecule has 1 aliphatic carbocycles. The van der Waals surface area contributed by atoms with Gasteiger partial charge in [0.25, 0.3) is 0 Å². The Hall–Kier alpha value is -0.970. The molecule has 0 saturated heterocycles. The molecule has 1 aliphatic rings. The second-order valence-electron chi connectivity index (χ2n) is 5.58. The largest absolute Gasteiger partial charge is 0.307 e. The Labute approximate surface area is 109 Å². The molecule has 1 fully saturated rings. The summed E-state index contributed by atoms with van der Waals surface area (Å²) in [6, 6.07) is 0.230. The van der Waals surface area contributed by atoms with Crippen LogP contribution < -0.4 is 5.32 Å². The van der Waals surface area contributed by atoms with Gasteiger partial charge in [-0.1, -0.05) is 20.3 Å². The zero-order chi connectivity index (χ0) is 13.0. The zero-order valence-corrected chi connectivity index (χ0v) is 11.8. The first-order valence-electron chi connectivity index (χ1n) is 7.20. The van der Waals surface area contributed by atoms with E-state index in [1.54, 1.807) is 0 Å². The molecule has 1 heterocycles. The molecule has 102 valence electrons. The Morgan fingerprint density at radius 2 is 2.17 bits per heavy atom. The van der Waals surface area contributed by atoms with Crippen LogP contribution in [0.4, 0.5) is 0 Å². The summed E-state index contributed by atoms with van der Waals surface area (Å²) in [6.45, 7) is 8.57. The molecular weight excluding hydrogens is 226 g/mol. The molecule has 18 heavy (non-hydrogen) atoms. The smallest absolute Gasteiger partial charge is 0.167 e. The molecule has 1 N–H and O–H groups in total. The normalized spacial score (nSPS) is 19.5. The van der Waals surface area contributed by atoms with Crippen LogP contribution in [-0.2, 0) is 6.54 Å². The molecular formula is C13H25N5. The molecule has 1 unspecified atom stereocenters. The monoisotopic (exact) mass is 251 g/mol. The maximum atomic E-state index is 4.19. The van der Waals surface area contributed by atoms with Crippen LogP contribution in [0, 0.1) is 5.41 Å². The highest BCUT2D eigenvalue weighted by Crippen LogP contribution is 2.45. The van der Waals surface area contributed by atoms with Crippen LogP contribution in [0.15, 0.2) is 0 Å². The lowest BCUT2D eigenvalue weighted by atomic mass is 9.67. The third kappa shape index (κ3) is 2.71. The SMILES string of the molecule is CCCNC(C)c1nnnn1CC1(CC)CCC1. The van der Waals surface area contributed by atoms with E-state index in [4.69, 9.17) is 0 Å². The minimum Gasteiger partial charge on any atom is -0.307 e. The van der Waals surface area contributed by atoms with E-state index in [0.717, 1.165) is 25.3 Å². The quantitative estimate of drug-likeness (QED) is 0.808. The van der Waals surface area contributed by atoms with Crippen molar-refractivity contribution in [3.63, 3.8) is 0 Å². The fraction of sp³-hybridized carbons (Fsp3) is 0.923. The first-order valence-corrected chi connectivity index (χ1v) is 7.20. The van der Waals surface area contributed by atoms with Gasteiger partial charge in [0.2, 0.25) is 0 Å². The Kier molecular flexibility index (Phi) is 4.32. The first-order chi connectivity index (χ1) is 8.71. The van der Waals surface area contributed by atoms with Crippen LogP contribution in [0.1, 0.15) is 64.7 Å². The predicted octanol–water partition coefficient (Wildman–Crippen LogP) is 2.31. The Bertz CT molecular complexity index is 364. The van der Waals surface area contributed by atoms with Crippen molar-refractivity contribution >= 4 is 0 Å². The number of aromatic nitrogens is 4. The van der Waals surface area contributed by atoms with Crippen LogP contribution in [-0.4, -0.2) is 26.8 Å². The van der Waals surface area contributed by atoms with Gasteiger partial charge in [0.05, 0.1) is 12.6 Å². The van der Waals surface area contributed by atoms with Gasteiger partial charge in [-0.3, -0.25) is 0 Å². The van der Waals surface area contributed by atoms with E-state index in [1.165, 1.54) is 25.7 Å². The van der Waals surface area contributed by atoms with Gasteiger partial charge in [-0.2, -0.15) is 0 Å². The Morgan fingerprint density at radius 3 is 2.72 bits per heavy atom. The number of nitrogens with one attached hydrogen (secondary N) is 1. The molecule has 5 heteroatoms. The molecule has 1 aromatic heterocycles. The first kappa shape index (κ1) is 13.5. The lowest BCUT2D eigenvalue weighted by molar-refractivity contribution is 0.0918. The van der Waals surface area contributed by atoms with Gasteiger partial charge in [-0.15, -0.1) is 5.10 Å². The average molecular weight is 251 g/mol. The molecule has 0 aliphatic heterocycles. The van der Waals surface area contributed by atoms with E-state index < -0.39 is 0 Å². The zero-order valence-electron chi connectivity index (χ0n) is 11.8. The highest BCUT2D eigenvalue weighted by Gasteiger charge is 2.36. The van der Waals surface area contributed by atoms with Crippen molar-refractivity contribution in [2.45, 2.75) is 65.5 Å². The predicted molar refractivity (Wildman–Crippen MR) is 71.1 cm³/mol. The van der Waals surface area contributed by atoms with Gasteiger partial charge in [0.15, 0.2) is 5.82 Å². The second-order valence-corrected chi connectivity index (χ2v) is 5.58. The molecule has 0 aromatic carbocycles. The second kappa shape index (κ2) is 5.78. The van der Waals surface area contributed by atoms with Gasteiger partial charge in [-0.05, 0) is 55.0 Å². The molecule has 1 atom stereocenters. The molecule has 0 radical (unpaired) electrons. The van der Waals surface area contributed by atoms with Gasteiger partial charge in [0.1, 0.15) is 0 Å².